The predicted octanol–water partition coefficient (Wildman–Crippen LogP) is 4.28. The molecule has 0 aliphatic heterocycles. The topological polar surface area (TPSA) is 53.5 Å². The van der Waals surface area contributed by atoms with E-state index in [0.717, 1.165) is 12.5 Å². The van der Waals surface area contributed by atoms with Crippen LogP contribution < -0.4 is 10.6 Å². The van der Waals surface area contributed by atoms with Crippen LogP contribution in [0, 0.1) is 0 Å². The van der Waals surface area contributed by atoms with Crippen molar-refractivity contribution in [1.82, 2.24) is 10.6 Å². The number of thiophene rings is 1. The lowest BCUT2D eigenvalue weighted by molar-refractivity contribution is 0.296. The first-order valence-electron chi connectivity index (χ1n) is 9.24. The molecule has 2 N–H and O–H groups in total. The van der Waals surface area contributed by atoms with Crippen LogP contribution in [0.2, 0.25) is 0 Å². The van der Waals surface area contributed by atoms with Crippen molar-refractivity contribution in [2.45, 2.75) is 63.0 Å². The van der Waals surface area contributed by atoms with Crippen molar-refractivity contribution in [3.63, 3.8) is 0 Å². The Morgan fingerprint density at radius 3 is 2.50 bits per heavy atom. The van der Waals surface area contributed by atoms with Gasteiger partial charge >= 0.3 is 0 Å². The Bertz CT molecular complexity index is 576. The molecule has 1 fully saturated rings. The molecular formula is C19H34IN3OS2. The zero-order chi connectivity index (χ0) is 18.3. The van der Waals surface area contributed by atoms with Gasteiger partial charge in [-0.05, 0) is 45.1 Å². The maximum absolute atomic E-state index is 12.2. The lowest BCUT2D eigenvalue weighted by atomic mass is 9.73. The number of guanidine groups is 1. The highest BCUT2D eigenvalue weighted by Gasteiger charge is 2.34. The summed E-state index contributed by atoms with van der Waals surface area (Å²) in [4.78, 5) is 5.83. The van der Waals surface area contributed by atoms with Crippen molar-refractivity contribution in [2.75, 3.05) is 25.9 Å². The lowest BCUT2D eigenvalue weighted by Gasteiger charge is -2.37. The van der Waals surface area contributed by atoms with Gasteiger partial charge in [-0.25, -0.2) is 0 Å². The van der Waals surface area contributed by atoms with E-state index in [9.17, 15) is 4.21 Å². The predicted molar refractivity (Wildman–Crippen MR) is 127 cm³/mol. The molecule has 0 amide bonds. The fourth-order valence-electron chi connectivity index (χ4n) is 3.36. The maximum Gasteiger partial charge on any atom is 0.191 e. The molecule has 1 aromatic heterocycles. The highest BCUT2D eigenvalue weighted by atomic mass is 127. The summed E-state index contributed by atoms with van der Waals surface area (Å²) in [6, 6.07) is 4.44. The monoisotopic (exact) mass is 511 g/mol. The van der Waals surface area contributed by atoms with Crippen LogP contribution in [0.5, 0.6) is 0 Å². The van der Waals surface area contributed by atoms with Gasteiger partial charge in [-0.3, -0.25) is 9.20 Å². The third-order valence-electron chi connectivity index (χ3n) is 4.94. The summed E-state index contributed by atoms with van der Waals surface area (Å²) < 4.78 is 12.0. The van der Waals surface area contributed by atoms with Crippen molar-refractivity contribution in [1.29, 1.82) is 0 Å². The van der Waals surface area contributed by atoms with Crippen LogP contribution in [-0.4, -0.2) is 40.8 Å². The van der Waals surface area contributed by atoms with E-state index in [1.54, 1.807) is 7.05 Å². The molecule has 4 nitrogen and oxygen atoms in total. The number of aliphatic imine (C=N–C) groups is 1. The summed E-state index contributed by atoms with van der Waals surface area (Å²) in [6.07, 6.45) is 6.43. The van der Waals surface area contributed by atoms with Crippen molar-refractivity contribution in [3.05, 3.63) is 22.4 Å². The van der Waals surface area contributed by atoms with Gasteiger partial charge in [-0.15, -0.1) is 35.3 Å². The molecule has 26 heavy (non-hydrogen) atoms. The van der Waals surface area contributed by atoms with Crippen LogP contribution in [0.4, 0.5) is 0 Å². The van der Waals surface area contributed by atoms with Crippen molar-refractivity contribution in [3.8, 4) is 0 Å². The van der Waals surface area contributed by atoms with Gasteiger partial charge in [0.05, 0.1) is 0 Å². The van der Waals surface area contributed by atoms with E-state index in [0.29, 0.717) is 12.3 Å². The van der Waals surface area contributed by atoms with Gasteiger partial charge in [0.1, 0.15) is 0 Å². The highest BCUT2D eigenvalue weighted by Crippen LogP contribution is 2.41. The average molecular weight is 512 g/mol. The Hall–Kier alpha value is -0.150. The minimum Gasteiger partial charge on any atom is -0.355 e. The molecule has 1 aliphatic carbocycles. The fraction of sp³-hybridized carbons (Fsp3) is 0.737. The molecule has 1 aliphatic rings. The first-order valence-corrected chi connectivity index (χ1v) is 11.4. The lowest BCUT2D eigenvalue weighted by Crippen LogP contribution is -2.47. The molecule has 0 saturated heterocycles. The van der Waals surface area contributed by atoms with Gasteiger partial charge in [-0.2, -0.15) is 0 Å². The molecule has 2 rings (SSSR count). The number of nitrogens with one attached hydrogen (secondary N) is 2. The molecule has 0 radical (unpaired) electrons. The van der Waals surface area contributed by atoms with Crippen LogP contribution in [0.3, 0.4) is 0 Å². The first kappa shape index (κ1) is 23.9. The second kappa shape index (κ2) is 11.0. The van der Waals surface area contributed by atoms with E-state index in [4.69, 9.17) is 0 Å². The molecule has 1 unspecified atom stereocenters. The fourth-order valence-corrected chi connectivity index (χ4v) is 5.25. The number of halogens is 1. The third kappa shape index (κ3) is 6.78. The minimum absolute atomic E-state index is 0. The van der Waals surface area contributed by atoms with Crippen molar-refractivity contribution in [2.24, 2.45) is 4.99 Å². The SMILES string of the molecule is CN=C(NCCS(=O)C(C)(C)C)NCC1(c2cccs2)CCCCC1.I. The summed E-state index contributed by atoms with van der Waals surface area (Å²) >= 11 is 1.87. The van der Waals surface area contributed by atoms with Gasteiger partial charge in [-0.1, -0.05) is 25.3 Å². The van der Waals surface area contributed by atoms with Crippen LogP contribution in [-0.2, 0) is 16.2 Å². The second-order valence-corrected chi connectivity index (χ2v) is 11.1. The Morgan fingerprint density at radius 2 is 1.96 bits per heavy atom. The van der Waals surface area contributed by atoms with Crippen molar-refractivity contribution >= 4 is 52.1 Å². The zero-order valence-corrected chi connectivity index (χ0v) is 20.4. The van der Waals surface area contributed by atoms with Gasteiger partial charge in [0.2, 0.25) is 0 Å². The molecule has 7 heteroatoms. The van der Waals surface area contributed by atoms with Crippen LogP contribution >= 0.6 is 35.3 Å². The highest BCUT2D eigenvalue weighted by molar-refractivity contribution is 14.0. The summed E-state index contributed by atoms with van der Waals surface area (Å²) in [6.45, 7) is 7.64. The first-order chi connectivity index (χ1) is 11.9. The van der Waals surface area contributed by atoms with Crippen LogP contribution in [0.1, 0.15) is 57.8 Å². The molecule has 0 aromatic carbocycles. The molecule has 1 atom stereocenters. The quantitative estimate of drug-likeness (QED) is 0.341. The summed E-state index contributed by atoms with van der Waals surface area (Å²) in [5.41, 5.74) is 0.234. The average Bonchev–Trinajstić information content (AvgIpc) is 3.13. The molecular weight excluding hydrogens is 477 g/mol. The molecule has 1 saturated carbocycles. The van der Waals surface area contributed by atoms with Crippen LogP contribution in [0.15, 0.2) is 22.5 Å². The molecule has 0 spiro atoms. The summed E-state index contributed by atoms with van der Waals surface area (Å²) in [5, 5.41) is 9.03. The van der Waals surface area contributed by atoms with Gasteiger partial charge in [0.15, 0.2) is 5.96 Å². The van der Waals surface area contributed by atoms with Gasteiger partial charge < -0.3 is 10.6 Å². The van der Waals surface area contributed by atoms with E-state index in [1.807, 2.05) is 32.1 Å². The van der Waals surface area contributed by atoms with E-state index in [2.05, 4.69) is 33.1 Å². The normalized spacial score (nSPS) is 18.7. The number of rotatable bonds is 6. The Morgan fingerprint density at radius 1 is 1.27 bits per heavy atom. The van der Waals surface area contributed by atoms with Gasteiger partial charge in [0.25, 0.3) is 0 Å². The molecule has 1 aromatic rings. The molecule has 1 heterocycles. The Balaban J connectivity index is 0.00000338. The summed E-state index contributed by atoms with van der Waals surface area (Å²) in [7, 11) is 0.960. The third-order valence-corrected chi connectivity index (χ3v) is 7.99. The minimum atomic E-state index is -0.840. The van der Waals surface area contributed by atoms with E-state index in [-0.39, 0.29) is 34.1 Å². The molecule has 0 bridgehead atoms. The zero-order valence-electron chi connectivity index (χ0n) is 16.5. The standard InChI is InChI=1S/C19H33N3OS2.HI/c1-18(2,3)25(23)14-12-21-17(20-4)22-15-19(10-6-5-7-11-19)16-9-8-13-24-16;/h8-9,13H,5-7,10-12,14-15H2,1-4H3,(H2,20,21,22);1H. The summed E-state index contributed by atoms with van der Waals surface area (Å²) in [5.74, 6) is 1.45. The van der Waals surface area contributed by atoms with E-state index < -0.39 is 10.8 Å². The number of hydrogen-bond acceptors (Lipinski definition) is 3. The second-order valence-electron chi connectivity index (χ2n) is 7.83. The smallest absolute Gasteiger partial charge is 0.191 e. The van der Waals surface area contributed by atoms with E-state index >= 15 is 0 Å². The number of hydrogen-bond donors (Lipinski definition) is 2. The van der Waals surface area contributed by atoms with Gasteiger partial charge in [0, 0.05) is 51.7 Å². The largest absolute Gasteiger partial charge is 0.355 e. The van der Waals surface area contributed by atoms with E-state index in [1.165, 1.54) is 37.0 Å². The number of nitrogens with zero attached hydrogens (tertiary/aromatic N) is 1. The Labute approximate surface area is 182 Å². The molecule has 150 valence electrons. The maximum atomic E-state index is 12.2. The van der Waals surface area contributed by atoms with Crippen LogP contribution in [0.25, 0.3) is 0 Å². The van der Waals surface area contributed by atoms with Crippen molar-refractivity contribution < 1.29 is 4.21 Å². The Kier molecular flexibility index (Phi) is 10.1.